The summed E-state index contributed by atoms with van der Waals surface area (Å²) in [4.78, 5) is 44.7. The summed E-state index contributed by atoms with van der Waals surface area (Å²) in [7, 11) is 0. The van der Waals surface area contributed by atoms with Crippen molar-refractivity contribution in [1.29, 1.82) is 0 Å². The van der Waals surface area contributed by atoms with Gasteiger partial charge >= 0.3 is 0 Å². The van der Waals surface area contributed by atoms with Gasteiger partial charge in [0.2, 0.25) is 5.91 Å². The number of hydrogen-bond acceptors (Lipinski definition) is 5. The second kappa shape index (κ2) is 9.23. The van der Waals surface area contributed by atoms with Gasteiger partial charge < -0.3 is 21.3 Å². The van der Waals surface area contributed by atoms with Crippen molar-refractivity contribution in [3.05, 3.63) is 65.6 Å². The minimum absolute atomic E-state index is 0.0450. The zero-order chi connectivity index (χ0) is 23.5. The molecule has 0 atom stereocenters. The van der Waals surface area contributed by atoms with E-state index in [1.54, 1.807) is 35.2 Å². The Balaban J connectivity index is 1.68. The molecule has 0 spiro atoms. The predicted octanol–water partition coefficient (Wildman–Crippen LogP) is 2.55. The Hall–Kier alpha value is -4.01. The zero-order valence-corrected chi connectivity index (χ0v) is 18.0. The quantitative estimate of drug-likeness (QED) is 0.697. The van der Waals surface area contributed by atoms with Crippen LogP contribution in [-0.4, -0.2) is 36.5 Å². The fourth-order valence-electron chi connectivity index (χ4n) is 4.03. The topological polar surface area (TPSA) is 122 Å². The molecule has 2 fully saturated rings. The van der Waals surface area contributed by atoms with Crippen molar-refractivity contribution in [2.75, 3.05) is 22.9 Å². The fraction of sp³-hybridized carbons (Fsp3) is 0.250. The van der Waals surface area contributed by atoms with Gasteiger partial charge in [0.1, 0.15) is 17.2 Å². The van der Waals surface area contributed by atoms with E-state index in [1.165, 1.54) is 23.1 Å². The van der Waals surface area contributed by atoms with E-state index in [0.29, 0.717) is 18.7 Å². The van der Waals surface area contributed by atoms with Crippen LogP contribution in [0.25, 0.3) is 0 Å². The molecule has 0 aromatic heterocycles. The molecule has 0 radical (unpaired) electrons. The molecule has 9 heteroatoms. The van der Waals surface area contributed by atoms with Crippen molar-refractivity contribution in [2.24, 2.45) is 16.5 Å². The Bertz CT molecular complexity index is 1170. The van der Waals surface area contributed by atoms with Crippen molar-refractivity contribution in [2.45, 2.75) is 25.7 Å². The summed E-state index contributed by atoms with van der Waals surface area (Å²) in [6, 6.07) is 12.9. The Morgan fingerprint density at radius 2 is 1.55 bits per heavy atom. The fourth-order valence-corrected chi connectivity index (χ4v) is 4.03. The van der Waals surface area contributed by atoms with Crippen LogP contribution in [0.5, 0.6) is 0 Å². The molecule has 0 saturated carbocycles. The maximum absolute atomic E-state index is 14.2. The maximum atomic E-state index is 14.2. The van der Waals surface area contributed by atoms with Crippen LogP contribution < -0.4 is 21.3 Å². The number of hydrogen-bond donors (Lipinski definition) is 2. The molecule has 2 aliphatic rings. The van der Waals surface area contributed by atoms with Gasteiger partial charge in [-0.15, -0.1) is 0 Å². The first-order chi connectivity index (χ1) is 15.9. The lowest BCUT2D eigenvalue weighted by molar-refractivity contribution is -0.119. The lowest BCUT2D eigenvalue weighted by atomic mass is 9.97. The van der Waals surface area contributed by atoms with E-state index < -0.39 is 17.6 Å². The number of nitrogens with two attached hydrogens (primary N) is 2. The first-order valence-electron chi connectivity index (χ1n) is 10.7. The third-order valence-corrected chi connectivity index (χ3v) is 5.79. The molecule has 2 saturated heterocycles. The first-order valence-corrected chi connectivity index (χ1v) is 10.7. The van der Waals surface area contributed by atoms with Crippen LogP contribution in [0, 0.1) is 5.82 Å². The van der Waals surface area contributed by atoms with Crippen molar-refractivity contribution < 1.29 is 18.8 Å². The molecule has 33 heavy (non-hydrogen) atoms. The minimum Gasteiger partial charge on any atom is -0.394 e. The van der Waals surface area contributed by atoms with Crippen molar-refractivity contribution >= 4 is 40.5 Å². The van der Waals surface area contributed by atoms with Crippen LogP contribution in [0.1, 0.15) is 25.7 Å². The summed E-state index contributed by atoms with van der Waals surface area (Å²) >= 11 is 0. The van der Waals surface area contributed by atoms with Crippen molar-refractivity contribution in [1.82, 2.24) is 0 Å². The summed E-state index contributed by atoms with van der Waals surface area (Å²) in [5.74, 6) is -1.92. The Labute approximate surface area is 190 Å². The number of aliphatic imine (C=N–C) groups is 1. The molecule has 2 aliphatic heterocycles. The van der Waals surface area contributed by atoms with Gasteiger partial charge in [0.15, 0.2) is 0 Å². The Morgan fingerprint density at radius 1 is 0.879 bits per heavy atom. The maximum Gasteiger partial charge on any atom is 0.277 e. The van der Waals surface area contributed by atoms with Crippen LogP contribution in [-0.2, 0) is 14.4 Å². The van der Waals surface area contributed by atoms with Gasteiger partial charge in [0.25, 0.3) is 11.8 Å². The van der Waals surface area contributed by atoms with Crippen LogP contribution >= 0.6 is 0 Å². The number of para-hydroxylation sites is 1. The van der Waals surface area contributed by atoms with E-state index >= 15 is 0 Å². The number of rotatable bonds is 4. The normalized spacial score (nSPS) is 19.7. The minimum atomic E-state index is -0.872. The number of piperidine rings is 2. The molecule has 0 bridgehead atoms. The standard InChI is InChI=1S/C24H24FN5O3/c25-18-5-1-2-6-19(18)28-22-17(21(26)23(27)32)12-14-30(24(22)33)16-10-8-15(9-11-16)29-13-4-3-7-20(29)31/h1-2,5-6,8-11H,3-4,7,12-14,26H2,(H2,27,32). The molecular weight excluding hydrogens is 425 g/mol. The number of anilines is 2. The highest BCUT2D eigenvalue weighted by Gasteiger charge is 2.32. The van der Waals surface area contributed by atoms with Crippen LogP contribution in [0.2, 0.25) is 0 Å². The molecule has 2 aromatic rings. The van der Waals surface area contributed by atoms with E-state index in [-0.39, 0.29) is 41.5 Å². The number of carbonyl (C=O) groups is 3. The second-order valence-electron chi connectivity index (χ2n) is 7.89. The molecule has 0 aliphatic carbocycles. The van der Waals surface area contributed by atoms with Crippen LogP contribution in [0.4, 0.5) is 21.5 Å². The van der Waals surface area contributed by atoms with Gasteiger partial charge in [-0.05, 0) is 55.7 Å². The van der Waals surface area contributed by atoms with Crippen molar-refractivity contribution in [3.63, 3.8) is 0 Å². The Morgan fingerprint density at radius 3 is 2.18 bits per heavy atom. The molecule has 4 rings (SSSR count). The van der Waals surface area contributed by atoms with E-state index in [9.17, 15) is 18.8 Å². The highest BCUT2D eigenvalue weighted by molar-refractivity contribution is 6.51. The largest absolute Gasteiger partial charge is 0.394 e. The molecule has 0 unspecified atom stereocenters. The lowest BCUT2D eigenvalue weighted by Gasteiger charge is -2.31. The molecule has 2 aromatic carbocycles. The van der Waals surface area contributed by atoms with E-state index in [0.717, 1.165) is 18.5 Å². The predicted molar refractivity (Wildman–Crippen MR) is 124 cm³/mol. The molecule has 170 valence electrons. The monoisotopic (exact) mass is 449 g/mol. The van der Waals surface area contributed by atoms with Crippen molar-refractivity contribution in [3.8, 4) is 0 Å². The summed E-state index contributed by atoms with van der Waals surface area (Å²) in [5, 5.41) is 0. The lowest BCUT2D eigenvalue weighted by Crippen LogP contribution is -2.44. The average Bonchev–Trinajstić information content (AvgIpc) is 2.81. The van der Waals surface area contributed by atoms with Crippen LogP contribution in [0.15, 0.2) is 64.8 Å². The third-order valence-electron chi connectivity index (χ3n) is 5.79. The molecular formula is C24H24FN5O3. The molecule has 3 amide bonds. The Kier molecular flexibility index (Phi) is 6.21. The summed E-state index contributed by atoms with van der Waals surface area (Å²) < 4.78 is 14.2. The number of nitrogens with zero attached hydrogens (tertiary/aromatic N) is 3. The van der Waals surface area contributed by atoms with Crippen LogP contribution in [0.3, 0.4) is 0 Å². The van der Waals surface area contributed by atoms with Gasteiger partial charge in [0, 0.05) is 36.5 Å². The zero-order valence-electron chi connectivity index (χ0n) is 18.0. The van der Waals surface area contributed by atoms with E-state index in [2.05, 4.69) is 4.99 Å². The summed E-state index contributed by atoms with van der Waals surface area (Å²) in [5.41, 5.74) is 12.3. The number of halogens is 1. The highest BCUT2D eigenvalue weighted by atomic mass is 19.1. The summed E-state index contributed by atoms with van der Waals surface area (Å²) in [6.07, 6.45) is 2.59. The van der Waals surface area contributed by atoms with Gasteiger partial charge in [-0.3, -0.25) is 14.4 Å². The van der Waals surface area contributed by atoms with E-state index in [4.69, 9.17) is 11.5 Å². The van der Waals surface area contributed by atoms with Gasteiger partial charge in [-0.1, -0.05) is 12.1 Å². The van der Waals surface area contributed by atoms with Gasteiger partial charge in [-0.2, -0.15) is 0 Å². The average molecular weight is 449 g/mol. The van der Waals surface area contributed by atoms with E-state index in [1.807, 2.05) is 0 Å². The second-order valence-corrected chi connectivity index (χ2v) is 7.89. The van der Waals surface area contributed by atoms with Gasteiger partial charge in [0.05, 0.1) is 5.69 Å². The third kappa shape index (κ3) is 4.48. The molecule has 4 N–H and O–H groups in total. The highest BCUT2D eigenvalue weighted by Crippen LogP contribution is 2.29. The smallest absolute Gasteiger partial charge is 0.277 e. The number of benzene rings is 2. The molecule has 8 nitrogen and oxygen atoms in total. The first kappa shape index (κ1) is 22.2. The molecule has 2 heterocycles. The number of carbonyl (C=O) groups excluding carboxylic acids is 3. The SMILES string of the molecule is NC(=O)C(N)=C1CCN(c2ccc(N3CCCCC3=O)cc2)C(=O)C1=Nc1ccccc1F. The number of amides is 3. The van der Waals surface area contributed by atoms with Gasteiger partial charge in [-0.25, -0.2) is 9.38 Å². The summed E-state index contributed by atoms with van der Waals surface area (Å²) in [6.45, 7) is 0.904. The number of primary amides is 1.